The molecule has 0 aliphatic heterocycles. The lowest BCUT2D eigenvalue weighted by Gasteiger charge is -2.15. The Balaban J connectivity index is 2.02. The molecular weight excluding hydrogens is 340 g/mol. The first kappa shape index (κ1) is 17.3. The van der Waals surface area contributed by atoms with E-state index in [4.69, 9.17) is 21.5 Å². The van der Waals surface area contributed by atoms with Crippen molar-refractivity contribution in [2.45, 2.75) is 17.9 Å². The topological polar surface area (TPSA) is 98.5 Å². The van der Waals surface area contributed by atoms with Crippen LogP contribution in [-0.4, -0.2) is 20.4 Å². The van der Waals surface area contributed by atoms with Gasteiger partial charge in [0.1, 0.15) is 5.75 Å². The second-order valence-electron chi connectivity index (χ2n) is 4.75. The zero-order chi connectivity index (χ0) is 17.0. The van der Waals surface area contributed by atoms with Gasteiger partial charge < -0.3 is 10.1 Å². The third kappa shape index (κ3) is 4.69. The van der Waals surface area contributed by atoms with Gasteiger partial charge in [-0.3, -0.25) is 4.79 Å². The van der Waals surface area contributed by atoms with E-state index in [2.05, 4.69) is 5.32 Å². The summed E-state index contributed by atoms with van der Waals surface area (Å²) in [5.41, 5.74) is 0.428. The molecule has 2 aromatic rings. The molecule has 122 valence electrons. The molecule has 0 saturated carbocycles. The summed E-state index contributed by atoms with van der Waals surface area (Å²) in [7, 11) is -3.76. The number of hydrogen-bond donors (Lipinski definition) is 2. The van der Waals surface area contributed by atoms with Crippen LogP contribution < -0.4 is 15.2 Å². The van der Waals surface area contributed by atoms with E-state index in [0.717, 1.165) is 0 Å². The number of primary sulfonamides is 1. The standard InChI is InChI=1S/C15H15ClN2O4S/c1-10(22-14-5-3-2-4-13(14)16)15(19)18-11-6-8-12(9-7-11)23(17,20)21/h2-10H,1H3,(H,18,19)(H2,17,20,21)/t10-/m0/s1. The van der Waals surface area contributed by atoms with E-state index in [1.54, 1.807) is 31.2 Å². The molecule has 2 rings (SSSR count). The lowest BCUT2D eigenvalue weighted by molar-refractivity contribution is -0.122. The highest BCUT2D eigenvalue weighted by Crippen LogP contribution is 2.24. The first-order valence-electron chi connectivity index (χ1n) is 6.62. The number of nitrogens with one attached hydrogen (secondary N) is 1. The van der Waals surface area contributed by atoms with Gasteiger partial charge in [-0.2, -0.15) is 0 Å². The fourth-order valence-electron chi connectivity index (χ4n) is 1.76. The van der Waals surface area contributed by atoms with Gasteiger partial charge in [0.05, 0.1) is 9.92 Å². The molecule has 3 N–H and O–H groups in total. The van der Waals surface area contributed by atoms with E-state index in [0.29, 0.717) is 16.5 Å². The van der Waals surface area contributed by atoms with Crippen LogP contribution in [0.3, 0.4) is 0 Å². The summed E-state index contributed by atoms with van der Waals surface area (Å²) < 4.78 is 27.8. The summed E-state index contributed by atoms with van der Waals surface area (Å²) in [5, 5.41) is 8.03. The summed E-state index contributed by atoms with van der Waals surface area (Å²) in [6, 6.07) is 12.3. The van der Waals surface area contributed by atoms with Crippen LogP contribution in [0.5, 0.6) is 5.75 Å². The summed E-state index contributed by atoms with van der Waals surface area (Å²) in [6.45, 7) is 1.58. The Kier molecular flexibility index (Phi) is 5.25. The lowest BCUT2D eigenvalue weighted by Crippen LogP contribution is -2.30. The zero-order valence-electron chi connectivity index (χ0n) is 12.2. The Morgan fingerprint density at radius 2 is 1.78 bits per heavy atom. The highest BCUT2D eigenvalue weighted by Gasteiger charge is 2.16. The van der Waals surface area contributed by atoms with E-state index >= 15 is 0 Å². The quantitative estimate of drug-likeness (QED) is 0.861. The van der Waals surface area contributed by atoms with Crippen molar-refractivity contribution in [3.63, 3.8) is 0 Å². The Bertz CT molecular complexity index is 806. The van der Waals surface area contributed by atoms with Crippen molar-refractivity contribution in [2.75, 3.05) is 5.32 Å². The molecule has 0 aromatic heterocycles. The maximum absolute atomic E-state index is 12.1. The van der Waals surface area contributed by atoms with Crippen LogP contribution in [0.2, 0.25) is 5.02 Å². The van der Waals surface area contributed by atoms with Gasteiger partial charge in [0.15, 0.2) is 6.10 Å². The van der Waals surface area contributed by atoms with E-state index in [-0.39, 0.29) is 4.90 Å². The van der Waals surface area contributed by atoms with Gasteiger partial charge in [-0.15, -0.1) is 0 Å². The van der Waals surface area contributed by atoms with Crippen molar-refractivity contribution < 1.29 is 17.9 Å². The third-order valence-electron chi connectivity index (χ3n) is 2.96. The van der Waals surface area contributed by atoms with Crippen LogP contribution in [-0.2, 0) is 14.8 Å². The molecule has 23 heavy (non-hydrogen) atoms. The van der Waals surface area contributed by atoms with E-state index in [1.165, 1.54) is 24.3 Å². The molecule has 6 nitrogen and oxygen atoms in total. The molecule has 2 aromatic carbocycles. The van der Waals surface area contributed by atoms with Gasteiger partial charge in [-0.25, -0.2) is 13.6 Å². The predicted molar refractivity (Wildman–Crippen MR) is 88.0 cm³/mol. The van der Waals surface area contributed by atoms with E-state index < -0.39 is 22.0 Å². The third-order valence-corrected chi connectivity index (χ3v) is 4.20. The molecule has 0 saturated heterocycles. The van der Waals surface area contributed by atoms with Crippen molar-refractivity contribution in [1.82, 2.24) is 0 Å². The minimum absolute atomic E-state index is 0.0316. The molecule has 0 aliphatic carbocycles. The lowest BCUT2D eigenvalue weighted by atomic mass is 10.3. The van der Waals surface area contributed by atoms with Crippen molar-refractivity contribution in [2.24, 2.45) is 5.14 Å². The summed E-state index contributed by atoms with van der Waals surface area (Å²) in [5.74, 6) is 0.00895. The largest absolute Gasteiger partial charge is 0.479 e. The molecule has 0 spiro atoms. The number of anilines is 1. The van der Waals surface area contributed by atoms with Crippen molar-refractivity contribution in [3.05, 3.63) is 53.6 Å². The van der Waals surface area contributed by atoms with Crippen LogP contribution >= 0.6 is 11.6 Å². The average Bonchev–Trinajstić information content (AvgIpc) is 2.49. The van der Waals surface area contributed by atoms with Crippen molar-refractivity contribution in [1.29, 1.82) is 0 Å². The molecule has 0 aliphatic rings. The van der Waals surface area contributed by atoms with Gasteiger partial charge in [0.25, 0.3) is 5.91 Å². The highest BCUT2D eigenvalue weighted by molar-refractivity contribution is 7.89. The predicted octanol–water partition coefficient (Wildman–Crippen LogP) is 2.39. The number of hydrogen-bond acceptors (Lipinski definition) is 4. The maximum Gasteiger partial charge on any atom is 0.265 e. The monoisotopic (exact) mass is 354 g/mol. The number of halogens is 1. The summed E-state index contributed by atoms with van der Waals surface area (Å²) in [4.78, 5) is 12.1. The second-order valence-corrected chi connectivity index (χ2v) is 6.72. The van der Waals surface area contributed by atoms with Crippen LogP contribution in [0.25, 0.3) is 0 Å². The smallest absolute Gasteiger partial charge is 0.265 e. The van der Waals surface area contributed by atoms with Gasteiger partial charge in [0, 0.05) is 5.69 Å². The normalized spacial score (nSPS) is 12.5. The number of nitrogens with two attached hydrogens (primary N) is 1. The number of rotatable bonds is 5. The van der Waals surface area contributed by atoms with Gasteiger partial charge in [-0.1, -0.05) is 23.7 Å². The zero-order valence-corrected chi connectivity index (χ0v) is 13.8. The second kappa shape index (κ2) is 6.99. The van der Waals surface area contributed by atoms with E-state index in [9.17, 15) is 13.2 Å². The maximum atomic E-state index is 12.1. The first-order valence-corrected chi connectivity index (χ1v) is 8.55. The van der Waals surface area contributed by atoms with Crippen molar-refractivity contribution >= 4 is 33.2 Å². The molecule has 1 amide bonds. The molecule has 0 heterocycles. The molecule has 0 bridgehead atoms. The molecule has 8 heteroatoms. The highest BCUT2D eigenvalue weighted by atomic mass is 35.5. The molecule has 0 unspecified atom stereocenters. The summed E-state index contributed by atoms with van der Waals surface area (Å²) >= 11 is 5.97. The Hall–Kier alpha value is -2.09. The Morgan fingerprint density at radius 1 is 1.17 bits per heavy atom. The fourth-order valence-corrected chi connectivity index (χ4v) is 2.45. The summed E-state index contributed by atoms with van der Waals surface area (Å²) in [6.07, 6.45) is -0.784. The number of ether oxygens (including phenoxy) is 1. The minimum Gasteiger partial charge on any atom is -0.479 e. The van der Waals surface area contributed by atoms with Gasteiger partial charge >= 0.3 is 0 Å². The molecular formula is C15H15ClN2O4S. The SMILES string of the molecule is C[C@H](Oc1ccccc1Cl)C(=O)Nc1ccc(S(N)(=O)=O)cc1. The number of carbonyl (C=O) groups excluding carboxylic acids is 1. The van der Waals surface area contributed by atoms with Crippen LogP contribution in [0, 0.1) is 0 Å². The molecule has 0 fully saturated rings. The molecule has 1 atom stereocenters. The number of carbonyl (C=O) groups is 1. The van der Waals surface area contributed by atoms with Crippen LogP contribution in [0.1, 0.15) is 6.92 Å². The molecule has 0 radical (unpaired) electrons. The van der Waals surface area contributed by atoms with Crippen molar-refractivity contribution in [3.8, 4) is 5.75 Å². The fraction of sp³-hybridized carbons (Fsp3) is 0.133. The number of amides is 1. The van der Waals surface area contributed by atoms with Crippen LogP contribution in [0.4, 0.5) is 5.69 Å². The number of para-hydroxylation sites is 1. The number of sulfonamides is 1. The Morgan fingerprint density at radius 3 is 2.35 bits per heavy atom. The Labute approximate surface area is 139 Å². The minimum atomic E-state index is -3.76. The average molecular weight is 355 g/mol. The first-order chi connectivity index (χ1) is 10.8. The number of benzene rings is 2. The van der Waals surface area contributed by atoms with Crippen LogP contribution in [0.15, 0.2) is 53.4 Å². The van der Waals surface area contributed by atoms with E-state index in [1.807, 2.05) is 0 Å². The van der Waals surface area contributed by atoms with Gasteiger partial charge in [0.2, 0.25) is 10.0 Å². The van der Waals surface area contributed by atoms with Gasteiger partial charge in [-0.05, 0) is 43.3 Å².